The Hall–Kier alpha value is -2.24. The lowest BCUT2D eigenvalue weighted by atomic mass is 9.76. The van der Waals surface area contributed by atoms with Gasteiger partial charge in [-0.25, -0.2) is 4.79 Å². The summed E-state index contributed by atoms with van der Waals surface area (Å²) in [5, 5.41) is 11.8. The zero-order valence-corrected chi connectivity index (χ0v) is 12.1. The van der Waals surface area contributed by atoms with Gasteiger partial charge in [0.25, 0.3) is 0 Å². The summed E-state index contributed by atoms with van der Waals surface area (Å²) in [5.41, 5.74) is -0.396. The highest BCUT2D eigenvalue weighted by Gasteiger charge is 2.45. The molecule has 21 heavy (non-hydrogen) atoms. The van der Waals surface area contributed by atoms with Gasteiger partial charge in [-0.15, -0.1) is 0 Å². The summed E-state index contributed by atoms with van der Waals surface area (Å²) in [5.74, 6) is -0.108. The largest absolute Gasteiger partial charge is 0.497 e. The van der Waals surface area contributed by atoms with Gasteiger partial charge in [0.1, 0.15) is 17.0 Å². The number of rotatable bonds is 6. The third-order valence-corrected chi connectivity index (χ3v) is 3.84. The first kappa shape index (κ1) is 15.2. The summed E-state index contributed by atoms with van der Waals surface area (Å²) in [6, 6.07) is 5.17. The number of carbonyl (C=O) groups excluding carboxylic acids is 1. The number of hydrogen-bond acceptors (Lipinski definition) is 4. The van der Waals surface area contributed by atoms with Crippen molar-refractivity contribution in [3.05, 3.63) is 23.8 Å². The maximum Gasteiger partial charge on any atom is 0.329 e. The van der Waals surface area contributed by atoms with Crippen molar-refractivity contribution in [3.63, 3.8) is 0 Å². The van der Waals surface area contributed by atoms with Gasteiger partial charge in [-0.1, -0.05) is 6.07 Å². The SMILES string of the molecule is COc1ccc(CC(=O)NC2(C(=O)O)CCC2)c(OC)c1. The molecule has 6 heteroatoms. The third kappa shape index (κ3) is 3.09. The van der Waals surface area contributed by atoms with E-state index in [0.717, 1.165) is 6.42 Å². The van der Waals surface area contributed by atoms with Crippen LogP contribution in [0.1, 0.15) is 24.8 Å². The summed E-state index contributed by atoms with van der Waals surface area (Å²) in [4.78, 5) is 23.3. The maximum atomic E-state index is 12.1. The Morgan fingerprint density at radius 3 is 2.48 bits per heavy atom. The maximum absolute atomic E-state index is 12.1. The van der Waals surface area contributed by atoms with Gasteiger partial charge in [0.05, 0.1) is 20.6 Å². The lowest BCUT2D eigenvalue weighted by molar-refractivity contribution is -0.151. The van der Waals surface area contributed by atoms with Crippen LogP contribution < -0.4 is 14.8 Å². The van der Waals surface area contributed by atoms with Gasteiger partial charge in [-0.05, 0) is 25.3 Å². The molecule has 1 aliphatic carbocycles. The minimum absolute atomic E-state index is 0.0716. The second-order valence-electron chi connectivity index (χ2n) is 5.14. The van der Waals surface area contributed by atoms with E-state index in [1.165, 1.54) is 7.11 Å². The molecule has 0 heterocycles. The van der Waals surface area contributed by atoms with E-state index in [9.17, 15) is 14.7 Å². The molecule has 0 aliphatic heterocycles. The first-order chi connectivity index (χ1) is 10.0. The van der Waals surface area contributed by atoms with Crippen molar-refractivity contribution in [2.75, 3.05) is 14.2 Å². The number of carbonyl (C=O) groups is 2. The van der Waals surface area contributed by atoms with Gasteiger partial charge < -0.3 is 19.9 Å². The number of carboxylic acid groups (broad SMARTS) is 1. The summed E-state index contributed by atoms with van der Waals surface area (Å²) >= 11 is 0. The Balaban J connectivity index is 2.07. The molecular weight excluding hydrogens is 274 g/mol. The minimum atomic E-state index is -1.09. The van der Waals surface area contributed by atoms with Crippen LogP contribution in [-0.2, 0) is 16.0 Å². The molecule has 0 aromatic heterocycles. The van der Waals surface area contributed by atoms with Crippen molar-refractivity contribution in [2.24, 2.45) is 0 Å². The first-order valence-corrected chi connectivity index (χ1v) is 6.76. The van der Waals surface area contributed by atoms with Crippen LogP contribution in [0.25, 0.3) is 0 Å². The summed E-state index contributed by atoms with van der Waals surface area (Å²) in [7, 11) is 3.06. The van der Waals surface area contributed by atoms with Crippen LogP contribution in [0.3, 0.4) is 0 Å². The lowest BCUT2D eigenvalue weighted by Gasteiger charge is -2.38. The van der Waals surface area contributed by atoms with Crippen molar-refractivity contribution in [3.8, 4) is 11.5 Å². The predicted octanol–water partition coefficient (Wildman–Crippen LogP) is 1.37. The van der Waals surface area contributed by atoms with Crippen LogP contribution in [0.2, 0.25) is 0 Å². The number of amides is 1. The molecule has 2 N–H and O–H groups in total. The fourth-order valence-corrected chi connectivity index (χ4v) is 2.40. The van der Waals surface area contributed by atoms with Crippen molar-refractivity contribution in [1.82, 2.24) is 5.32 Å². The molecule has 0 bridgehead atoms. The van der Waals surface area contributed by atoms with Crippen LogP contribution in [0.5, 0.6) is 11.5 Å². The number of ether oxygens (including phenoxy) is 2. The van der Waals surface area contributed by atoms with E-state index in [0.29, 0.717) is 29.9 Å². The van der Waals surface area contributed by atoms with Gasteiger partial charge in [0.15, 0.2) is 0 Å². The normalized spacial score (nSPS) is 15.7. The van der Waals surface area contributed by atoms with Gasteiger partial charge >= 0.3 is 5.97 Å². The van der Waals surface area contributed by atoms with Crippen LogP contribution in [0.15, 0.2) is 18.2 Å². The van der Waals surface area contributed by atoms with Crippen LogP contribution in [0, 0.1) is 0 Å². The average Bonchev–Trinajstić information content (AvgIpc) is 2.42. The molecule has 1 aromatic rings. The van der Waals surface area contributed by atoms with Gasteiger partial charge in [0.2, 0.25) is 5.91 Å². The molecule has 1 aliphatic rings. The summed E-state index contributed by atoms with van der Waals surface area (Å²) < 4.78 is 10.3. The van der Waals surface area contributed by atoms with Crippen LogP contribution >= 0.6 is 0 Å². The molecule has 114 valence electrons. The molecule has 1 saturated carbocycles. The van der Waals surface area contributed by atoms with E-state index in [-0.39, 0.29) is 12.3 Å². The third-order valence-electron chi connectivity index (χ3n) is 3.84. The molecule has 0 saturated heterocycles. The standard InChI is InChI=1S/C15H19NO5/c1-20-11-5-4-10(12(9-11)21-2)8-13(17)16-15(14(18)19)6-3-7-15/h4-5,9H,3,6-8H2,1-2H3,(H,16,17)(H,18,19). The molecule has 1 fully saturated rings. The quantitative estimate of drug-likeness (QED) is 0.827. The Bertz CT molecular complexity index is 551. The molecule has 1 amide bonds. The monoisotopic (exact) mass is 293 g/mol. The van der Waals surface area contributed by atoms with Crippen LogP contribution in [-0.4, -0.2) is 36.7 Å². The van der Waals surface area contributed by atoms with Crippen molar-refractivity contribution in [1.29, 1.82) is 0 Å². The van der Waals surface area contributed by atoms with Gasteiger partial charge in [0, 0.05) is 11.6 Å². The minimum Gasteiger partial charge on any atom is -0.497 e. The first-order valence-electron chi connectivity index (χ1n) is 6.76. The van der Waals surface area contributed by atoms with E-state index < -0.39 is 11.5 Å². The molecule has 0 atom stereocenters. The second-order valence-corrected chi connectivity index (χ2v) is 5.14. The fourth-order valence-electron chi connectivity index (χ4n) is 2.40. The van der Waals surface area contributed by atoms with Crippen molar-refractivity contribution in [2.45, 2.75) is 31.2 Å². The highest BCUT2D eigenvalue weighted by atomic mass is 16.5. The molecule has 6 nitrogen and oxygen atoms in total. The number of benzene rings is 1. The van der Waals surface area contributed by atoms with Gasteiger partial charge in [-0.2, -0.15) is 0 Å². The molecule has 0 radical (unpaired) electrons. The number of carboxylic acids is 1. The number of methoxy groups -OCH3 is 2. The van der Waals surface area contributed by atoms with E-state index in [1.807, 2.05) is 0 Å². The highest BCUT2D eigenvalue weighted by Crippen LogP contribution is 2.32. The summed E-state index contributed by atoms with van der Waals surface area (Å²) in [6.07, 6.45) is 1.85. The Morgan fingerprint density at radius 2 is 2.00 bits per heavy atom. The molecule has 1 aromatic carbocycles. The van der Waals surface area contributed by atoms with Gasteiger partial charge in [-0.3, -0.25) is 4.79 Å². The fraction of sp³-hybridized carbons (Fsp3) is 0.467. The number of aliphatic carboxylic acids is 1. The van der Waals surface area contributed by atoms with E-state index >= 15 is 0 Å². The number of nitrogens with one attached hydrogen (secondary N) is 1. The topological polar surface area (TPSA) is 84.9 Å². The molecular formula is C15H19NO5. The highest BCUT2D eigenvalue weighted by molar-refractivity contribution is 5.89. The Kier molecular flexibility index (Phi) is 4.35. The van der Waals surface area contributed by atoms with Crippen molar-refractivity contribution >= 4 is 11.9 Å². The Labute approximate surface area is 123 Å². The van der Waals surface area contributed by atoms with Crippen molar-refractivity contribution < 1.29 is 24.2 Å². The zero-order valence-electron chi connectivity index (χ0n) is 12.1. The van der Waals surface area contributed by atoms with Crippen LogP contribution in [0.4, 0.5) is 0 Å². The second kappa shape index (κ2) is 6.03. The summed E-state index contributed by atoms with van der Waals surface area (Å²) in [6.45, 7) is 0. The van der Waals surface area contributed by atoms with E-state index in [2.05, 4.69) is 5.32 Å². The van der Waals surface area contributed by atoms with E-state index in [4.69, 9.17) is 9.47 Å². The lowest BCUT2D eigenvalue weighted by Crippen LogP contribution is -2.59. The molecule has 2 rings (SSSR count). The number of hydrogen-bond donors (Lipinski definition) is 2. The smallest absolute Gasteiger partial charge is 0.329 e. The Morgan fingerprint density at radius 1 is 1.29 bits per heavy atom. The molecule has 0 unspecified atom stereocenters. The predicted molar refractivity (Wildman–Crippen MR) is 75.6 cm³/mol. The van der Waals surface area contributed by atoms with E-state index in [1.54, 1.807) is 25.3 Å². The zero-order chi connectivity index (χ0) is 15.5. The molecule has 0 spiro atoms. The average molecular weight is 293 g/mol.